The van der Waals surface area contributed by atoms with Crippen LogP contribution in [-0.4, -0.2) is 50.9 Å². The van der Waals surface area contributed by atoms with Gasteiger partial charge in [-0.2, -0.15) is 0 Å². The molecule has 1 aliphatic carbocycles. The molecule has 0 aliphatic heterocycles. The number of carbonyl (C=O) groups is 2. The molecule has 2 amide bonds. The molecule has 1 aliphatic rings. The molecule has 0 heterocycles. The molecule has 1 N–H and O–H groups in total. The number of nitrogens with one attached hydrogen (secondary N) is 1. The van der Waals surface area contributed by atoms with Crippen molar-refractivity contribution in [2.75, 3.05) is 18.0 Å². The Bertz CT molecular complexity index is 1550. The molecule has 0 bridgehead atoms. The van der Waals surface area contributed by atoms with E-state index in [9.17, 15) is 18.0 Å². The van der Waals surface area contributed by atoms with E-state index in [1.807, 2.05) is 6.92 Å². The molecule has 3 aromatic rings. The van der Waals surface area contributed by atoms with Gasteiger partial charge in [0, 0.05) is 27.7 Å². The molecule has 3 aromatic carbocycles. The number of benzene rings is 3. The summed E-state index contributed by atoms with van der Waals surface area (Å²) < 4.78 is 34.3. The van der Waals surface area contributed by atoms with Gasteiger partial charge in [-0.25, -0.2) is 8.42 Å². The van der Waals surface area contributed by atoms with E-state index in [0.29, 0.717) is 32.8 Å². The molecular weight excluding hydrogens is 645 g/mol. The SMILES string of the molecule is CCC(C(=O)NC1CCCCC1)N(Cc1ccc(Cl)cc1Cl)C(=O)CN(c1ccc(Cl)cc1)S(=O)(=O)c1ccc(OC)cc1. The maximum Gasteiger partial charge on any atom is 0.264 e. The molecule has 1 unspecified atom stereocenters. The van der Waals surface area contributed by atoms with Gasteiger partial charge < -0.3 is 15.0 Å². The van der Waals surface area contributed by atoms with Gasteiger partial charge in [0.15, 0.2) is 0 Å². The van der Waals surface area contributed by atoms with Crippen LogP contribution in [0.25, 0.3) is 0 Å². The number of ether oxygens (including phenoxy) is 1. The molecule has 44 heavy (non-hydrogen) atoms. The van der Waals surface area contributed by atoms with Gasteiger partial charge in [0.1, 0.15) is 18.3 Å². The fourth-order valence-corrected chi connectivity index (χ4v) is 7.32. The summed E-state index contributed by atoms with van der Waals surface area (Å²) in [6, 6.07) is 16.1. The number of methoxy groups -OCH3 is 1. The first kappa shape index (κ1) is 33.9. The van der Waals surface area contributed by atoms with E-state index in [1.54, 1.807) is 30.3 Å². The van der Waals surface area contributed by atoms with Gasteiger partial charge in [-0.3, -0.25) is 13.9 Å². The minimum Gasteiger partial charge on any atom is -0.497 e. The topological polar surface area (TPSA) is 96.0 Å². The lowest BCUT2D eigenvalue weighted by atomic mass is 9.95. The summed E-state index contributed by atoms with van der Waals surface area (Å²) in [4.78, 5) is 29.3. The smallest absolute Gasteiger partial charge is 0.264 e. The second kappa shape index (κ2) is 15.3. The summed E-state index contributed by atoms with van der Waals surface area (Å²) in [6.45, 7) is 1.22. The van der Waals surface area contributed by atoms with E-state index in [2.05, 4.69) is 5.32 Å². The average Bonchev–Trinajstić information content (AvgIpc) is 3.01. The van der Waals surface area contributed by atoms with Crippen LogP contribution in [0.5, 0.6) is 5.75 Å². The van der Waals surface area contributed by atoms with Gasteiger partial charge in [0.25, 0.3) is 10.0 Å². The van der Waals surface area contributed by atoms with E-state index in [1.165, 1.54) is 48.4 Å². The van der Waals surface area contributed by atoms with Crippen molar-refractivity contribution < 1.29 is 22.7 Å². The first-order valence-electron chi connectivity index (χ1n) is 14.5. The zero-order valence-corrected chi connectivity index (χ0v) is 27.7. The maximum absolute atomic E-state index is 14.3. The third-order valence-corrected chi connectivity index (χ3v) is 10.4. The molecule has 0 aromatic heterocycles. The predicted molar refractivity (Wildman–Crippen MR) is 175 cm³/mol. The van der Waals surface area contributed by atoms with E-state index in [0.717, 1.165) is 36.4 Å². The highest BCUT2D eigenvalue weighted by Crippen LogP contribution is 2.29. The Labute approximate surface area is 274 Å². The third kappa shape index (κ3) is 8.38. The van der Waals surface area contributed by atoms with Crippen molar-refractivity contribution in [1.29, 1.82) is 0 Å². The number of hydrogen-bond donors (Lipinski definition) is 1. The summed E-state index contributed by atoms with van der Waals surface area (Å²) in [7, 11) is -2.75. The Kier molecular flexibility index (Phi) is 11.8. The molecule has 1 atom stereocenters. The Morgan fingerprint density at radius 2 is 1.57 bits per heavy atom. The van der Waals surface area contributed by atoms with E-state index < -0.39 is 28.5 Å². The zero-order chi connectivity index (χ0) is 31.9. The molecule has 0 saturated heterocycles. The van der Waals surface area contributed by atoms with Gasteiger partial charge in [-0.15, -0.1) is 0 Å². The number of halogens is 3. The summed E-state index contributed by atoms with van der Waals surface area (Å²) in [6.07, 6.45) is 5.26. The van der Waals surface area contributed by atoms with Crippen LogP contribution in [0, 0.1) is 0 Å². The van der Waals surface area contributed by atoms with Gasteiger partial charge in [0.05, 0.1) is 17.7 Å². The van der Waals surface area contributed by atoms with Crippen molar-refractivity contribution in [3.63, 3.8) is 0 Å². The highest BCUT2D eigenvalue weighted by molar-refractivity contribution is 7.92. The number of sulfonamides is 1. The van der Waals surface area contributed by atoms with Crippen LogP contribution in [0.4, 0.5) is 5.69 Å². The number of amides is 2. The lowest BCUT2D eigenvalue weighted by Crippen LogP contribution is -2.54. The zero-order valence-electron chi connectivity index (χ0n) is 24.6. The summed E-state index contributed by atoms with van der Waals surface area (Å²) in [5, 5.41) is 4.30. The van der Waals surface area contributed by atoms with Crippen molar-refractivity contribution >= 4 is 62.3 Å². The minimum atomic E-state index is -4.24. The molecule has 0 radical (unpaired) electrons. The van der Waals surface area contributed by atoms with Crippen LogP contribution in [0.15, 0.2) is 71.6 Å². The Morgan fingerprint density at radius 1 is 0.932 bits per heavy atom. The maximum atomic E-state index is 14.3. The van der Waals surface area contributed by atoms with E-state index in [-0.39, 0.29) is 29.1 Å². The van der Waals surface area contributed by atoms with E-state index >= 15 is 0 Å². The number of nitrogens with zero attached hydrogens (tertiary/aromatic N) is 2. The summed E-state index contributed by atoms with van der Waals surface area (Å²) in [5.41, 5.74) is 0.812. The number of carbonyl (C=O) groups excluding carboxylic acids is 2. The molecule has 1 fully saturated rings. The first-order valence-corrected chi connectivity index (χ1v) is 17.1. The highest BCUT2D eigenvalue weighted by atomic mass is 35.5. The second-order valence-corrected chi connectivity index (χ2v) is 13.8. The highest BCUT2D eigenvalue weighted by Gasteiger charge is 2.34. The van der Waals surface area contributed by atoms with E-state index in [4.69, 9.17) is 39.5 Å². The quantitative estimate of drug-likeness (QED) is 0.220. The van der Waals surface area contributed by atoms with Crippen LogP contribution in [-0.2, 0) is 26.2 Å². The standard InChI is InChI=1S/C32H36Cl3N3O5S/c1-3-30(32(40)36-25-7-5-4-6-8-25)37(20-22-9-10-24(34)19-29(22)35)31(39)21-38(26-13-11-23(33)12-14-26)44(41,42)28-17-15-27(43-2)16-18-28/h9-19,25,30H,3-8,20-21H2,1-2H3,(H,36,40). The van der Waals surface area contributed by atoms with Crippen LogP contribution >= 0.6 is 34.8 Å². The van der Waals surface area contributed by atoms with Gasteiger partial charge in [0.2, 0.25) is 11.8 Å². The fourth-order valence-electron chi connectivity index (χ4n) is 5.31. The fraction of sp³-hybridized carbons (Fsp3) is 0.375. The third-order valence-electron chi connectivity index (χ3n) is 7.73. The molecule has 4 rings (SSSR count). The van der Waals surface area contributed by atoms with Crippen molar-refractivity contribution in [3.8, 4) is 5.75 Å². The number of rotatable bonds is 12. The Morgan fingerprint density at radius 3 is 2.16 bits per heavy atom. The van der Waals surface area contributed by atoms with Crippen LogP contribution < -0.4 is 14.4 Å². The van der Waals surface area contributed by atoms with Gasteiger partial charge in [-0.1, -0.05) is 67.1 Å². The first-order chi connectivity index (χ1) is 21.0. The minimum absolute atomic E-state index is 0.0253. The van der Waals surface area contributed by atoms with Crippen LogP contribution in [0.1, 0.15) is 51.0 Å². The summed E-state index contributed by atoms with van der Waals surface area (Å²) >= 11 is 18.7. The molecule has 8 nitrogen and oxygen atoms in total. The predicted octanol–water partition coefficient (Wildman–Crippen LogP) is 7.11. The molecule has 1 saturated carbocycles. The second-order valence-electron chi connectivity index (χ2n) is 10.7. The van der Waals surface area contributed by atoms with Crippen molar-refractivity contribution in [2.45, 2.75) is 69.0 Å². The number of anilines is 1. The monoisotopic (exact) mass is 679 g/mol. The Balaban J connectivity index is 1.72. The lowest BCUT2D eigenvalue weighted by molar-refractivity contribution is -0.140. The van der Waals surface area contributed by atoms with Gasteiger partial charge in [-0.05, 0) is 85.5 Å². The van der Waals surface area contributed by atoms with Crippen LogP contribution in [0.3, 0.4) is 0 Å². The Hall–Kier alpha value is -2.98. The average molecular weight is 681 g/mol. The molecular formula is C32H36Cl3N3O5S. The van der Waals surface area contributed by atoms with Gasteiger partial charge >= 0.3 is 0 Å². The van der Waals surface area contributed by atoms with Crippen molar-refractivity contribution in [3.05, 3.63) is 87.4 Å². The number of hydrogen-bond acceptors (Lipinski definition) is 5. The van der Waals surface area contributed by atoms with Crippen LogP contribution in [0.2, 0.25) is 15.1 Å². The normalized spacial score (nSPS) is 14.5. The summed E-state index contributed by atoms with van der Waals surface area (Å²) in [5.74, 6) is -0.374. The van der Waals surface area contributed by atoms with Crippen molar-refractivity contribution in [2.24, 2.45) is 0 Å². The largest absolute Gasteiger partial charge is 0.497 e. The molecule has 12 heteroatoms. The van der Waals surface area contributed by atoms with Crippen molar-refractivity contribution in [1.82, 2.24) is 10.2 Å². The lowest BCUT2D eigenvalue weighted by Gasteiger charge is -2.34. The molecule has 236 valence electrons. The molecule has 0 spiro atoms.